The average molecular weight is 483 g/mol. The molecule has 0 fully saturated rings. The quantitative estimate of drug-likeness (QED) is 0.394. The van der Waals surface area contributed by atoms with Crippen LogP contribution < -0.4 is 10.1 Å². The minimum Gasteiger partial charge on any atom is -0.504 e. The van der Waals surface area contributed by atoms with Gasteiger partial charge in [0.15, 0.2) is 11.5 Å². The Bertz CT molecular complexity index is 1220. The van der Waals surface area contributed by atoms with Crippen LogP contribution in [0.5, 0.6) is 11.5 Å². The first-order valence-corrected chi connectivity index (χ1v) is 11.6. The number of nitrogens with one attached hydrogen (secondary N) is 1. The Balaban J connectivity index is 1.79. The first kappa shape index (κ1) is 23.6. The Morgan fingerprint density at radius 1 is 1.24 bits per heavy atom. The molecule has 4 rings (SSSR count). The van der Waals surface area contributed by atoms with Crippen molar-refractivity contribution in [1.29, 1.82) is 0 Å². The maximum atomic E-state index is 13.0. The molecule has 1 unspecified atom stereocenters. The van der Waals surface area contributed by atoms with E-state index in [1.54, 1.807) is 35.2 Å². The second-order valence-corrected chi connectivity index (χ2v) is 8.54. The second-order valence-electron chi connectivity index (χ2n) is 8.11. The summed E-state index contributed by atoms with van der Waals surface area (Å²) in [6.45, 7) is 4.57. The number of halogens is 1. The molecule has 0 aliphatic carbocycles. The number of aromatic hydroxyl groups is 1. The topological polar surface area (TPSA) is 101 Å². The van der Waals surface area contributed by atoms with Gasteiger partial charge in [-0.2, -0.15) is 4.98 Å². The van der Waals surface area contributed by atoms with Gasteiger partial charge in [0.1, 0.15) is 0 Å². The summed E-state index contributed by atoms with van der Waals surface area (Å²) >= 11 is 6.13. The number of nitrogens with zero attached hydrogens (tertiary/aromatic N) is 3. The highest BCUT2D eigenvalue weighted by Gasteiger charge is 2.36. The summed E-state index contributed by atoms with van der Waals surface area (Å²) in [7, 11) is 1.48. The molecule has 1 aliphatic heterocycles. The van der Waals surface area contributed by atoms with E-state index in [2.05, 4.69) is 22.4 Å². The average Bonchev–Trinajstić information content (AvgIpc) is 3.30. The van der Waals surface area contributed by atoms with Crippen LogP contribution >= 0.6 is 11.6 Å². The normalized spacial score (nSPS) is 16.1. The van der Waals surface area contributed by atoms with Crippen LogP contribution in [0, 0.1) is 0 Å². The van der Waals surface area contributed by atoms with E-state index in [4.69, 9.17) is 20.9 Å². The molecular weight excluding hydrogens is 456 g/mol. The molecule has 1 aliphatic rings. The van der Waals surface area contributed by atoms with Gasteiger partial charge in [0.25, 0.3) is 5.89 Å². The molecule has 3 aromatic rings. The van der Waals surface area contributed by atoms with Gasteiger partial charge in [0.05, 0.1) is 18.7 Å². The van der Waals surface area contributed by atoms with Gasteiger partial charge in [-0.1, -0.05) is 54.7 Å². The van der Waals surface area contributed by atoms with Crippen LogP contribution in [0.2, 0.25) is 5.02 Å². The van der Waals surface area contributed by atoms with Gasteiger partial charge < -0.3 is 19.7 Å². The number of ether oxygens (including phenoxy) is 1. The molecule has 9 heteroatoms. The molecule has 0 radical (unpaired) electrons. The largest absolute Gasteiger partial charge is 0.504 e. The first-order valence-electron chi connectivity index (χ1n) is 11.2. The predicted molar refractivity (Wildman–Crippen MR) is 130 cm³/mol. The third-order valence-corrected chi connectivity index (χ3v) is 6.09. The number of carbonyl (C=O) groups is 1. The number of carbonyl (C=O) groups excluding carboxylic acids is 1. The molecule has 0 saturated carbocycles. The molecule has 178 valence electrons. The number of aromatic nitrogens is 2. The molecule has 1 aromatic heterocycles. The fraction of sp³-hybridized carbons (Fsp3) is 0.320. The minimum atomic E-state index is -0.598. The molecule has 0 spiro atoms. The van der Waals surface area contributed by atoms with Crippen molar-refractivity contribution in [2.45, 2.75) is 39.2 Å². The SMILES string of the molecule is CCCCCN1C(=O)NC(c2ccc(OC)c(O)c2)C(c2nc(-c3cccc(Cl)c3)no2)=C1C. The predicted octanol–water partition coefficient (Wildman–Crippen LogP) is 5.79. The van der Waals surface area contributed by atoms with Crippen molar-refractivity contribution in [3.63, 3.8) is 0 Å². The smallest absolute Gasteiger partial charge is 0.322 e. The summed E-state index contributed by atoms with van der Waals surface area (Å²) < 4.78 is 10.8. The lowest BCUT2D eigenvalue weighted by Crippen LogP contribution is -2.46. The number of phenolic OH excluding ortho intramolecular Hbond substituents is 1. The lowest BCUT2D eigenvalue weighted by Gasteiger charge is -2.35. The maximum absolute atomic E-state index is 13.0. The van der Waals surface area contributed by atoms with Crippen LogP contribution in [-0.4, -0.2) is 39.8 Å². The molecule has 2 heterocycles. The number of unbranched alkanes of at least 4 members (excludes halogenated alkanes) is 2. The van der Waals surface area contributed by atoms with Crippen molar-refractivity contribution in [3.05, 3.63) is 64.6 Å². The summed E-state index contributed by atoms with van der Waals surface area (Å²) in [6, 6.07) is 11.4. The van der Waals surface area contributed by atoms with Gasteiger partial charge >= 0.3 is 6.03 Å². The number of rotatable bonds is 8. The maximum Gasteiger partial charge on any atom is 0.322 e. The standard InChI is InChI=1S/C25H27ClN4O4/c1-4-5-6-12-30-15(2)21(24-28-23(29-34-24)17-8-7-9-18(26)13-17)22(27-25(30)32)16-10-11-20(33-3)19(31)14-16/h7-11,13-14,22,31H,4-6,12H2,1-3H3,(H,27,32). The van der Waals surface area contributed by atoms with Crippen molar-refractivity contribution < 1.29 is 19.2 Å². The number of benzene rings is 2. The van der Waals surface area contributed by atoms with Gasteiger partial charge in [-0.3, -0.25) is 4.90 Å². The fourth-order valence-corrected chi connectivity index (χ4v) is 4.25. The molecule has 2 amide bonds. The van der Waals surface area contributed by atoms with Crippen LogP contribution in [-0.2, 0) is 0 Å². The molecule has 34 heavy (non-hydrogen) atoms. The summed E-state index contributed by atoms with van der Waals surface area (Å²) in [6.07, 6.45) is 2.94. The lowest BCUT2D eigenvalue weighted by molar-refractivity contribution is 0.204. The highest BCUT2D eigenvalue weighted by Crippen LogP contribution is 2.40. The van der Waals surface area contributed by atoms with Crippen molar-refractivity contribution in [1.82, 2.24) is 20.4 Å². The minimum absolute atomic E-state index is 0.0261. The van der Waals surface area contributed by atoms with E-state index in [0.717, 1.165) is 30.5 Å². The van der Waals surface area contributed by atoms with Gasteiger partial charge in [-0.15, -0.1) is 0 Å². The first-order chi connectivity index (χ1) is 16.4. The van der Waals surface area contributed by atoms with E-state index in [0.29, 0.717) is 34.3 Å². The number of allylic oxidation sites excluding steroid dienone is 1. The van der Waals surface area contributed by atoms with Crippen molar-refractivity contribution in [2.24, 2.45) is 0 Å². The summed E-state index contributed by atoms with van der Waals surface area (Å²) in [5.41, 5.74) is 2.78. The zero-order chi connectivity index (χ0) is 24.2. The number of methoxy groups -OCH3 is 1. The molecule has 8 nitrogen and oxygen atoms in total. The zero-order valence-electron chi connectivity index (χ0n) is 19.3. The van der Waals surface area contributed by atoms with Gasteiger partial charge in [-0.25, -0.2) is 4.79 Å². The Kier molecular flexibility index (Phi) is 7.07. The number of phenols is 1. The number of hydrogen-bond donors (Lipinski definition) is 2. The zero-order valence-corrected chi connectivity index (χ0v) is 20.1. The summed E-state index contributed by atoms with van der Waals surface area (Å²) in [5.74, 6) is 0.994. The molecule has 0 saturated heterocycles. The molecule has 1 atom stereocenters. The third-order valence-electron chi connectivity index (χ3n) is 5.86. The molecule has 2 N–H and O–H groups in total. The highest BCUT2D eigenvalue weighted by molar-refractivity contribution is 6.30. The van der Waals surface area contributed by atoms with E-state index in [9.17, 15) is 9.90 Å². The van der Waals surface area contributed by atoms with Crippen LogP contribution in [0.3, 0.4) is 0 Å². The Labute approximate surface area is 203 Å². The van der Waals surface area contributed by atoms with E-state index in [1.165, 1.54) is 7.11 Å². The number of amides is 2. The molecular formula is C25H27ClN4O4. The Hall–Kier alpha value is -3.52. The van der Waals surface area contributed by atoms with Crippen molar-refractivity contribution >= 4 is 23.2 Å². The van der Waals surface area contributed by atoms with E-state index in [1.807, 2.05) is 19.1 Å². The fourth-order valence-electron chi connectivity index (χ4n) is 4.06. The van der Waals surface area contributed by atoms with E-state index in [-0.39, 0.29) is 17.7 Å². The molecule has 0 bridgehead atoms. The molecule has 2 aromatic carbocycles. The Morgan fingerprint density at radius 3 is 2.76 bits per heavy atom. The summed E-state index contributed by atoms with van der Waals surface area (Å²) in [4.78, 5) is 19.4. The van der Waals surface area contributed by atoms with Gasteiger partial charge in [-0.05, 0) is 43.2 Å². The Morgan fingerprint density at radius 2 is 2.06 bits per heavy atom. The number of hydrogen-bond acceptors (Lipinski definition) is 6. The van der Waals surface area contributed by atoms with Crippen LogP contribution in [0.15, 0.2) is 52.7 Å². The van der Waals surface area contributed by atoms with Gasteiger partial charge in [0.2, 0.25) is 5.82 Å². The van der Waals surface area contributed by atoms with Crippen molar-refractivity contribution in [3.8, 4) is 22.9 Å². The van der Waals surface area contributed by atoms with Crippen LogP contribution in [0.1, 0.15) is 50.6 Å². The van der Waals surface area contributed by atoms with Crippen LogP contribution in [0.25, 0.3) is 17.0 Å². The van der Waals surface area contributed by atoms with E-state index >= 15 is 0 Å². The summed E-state index contributed by atoms with van der Waals surface area (Å²) in [5, 5.41) is 18.1. The monoisotopic (exact) mass is 482 g/mol. The van der Waals surface area contributed by atoms with E-state index < -0.39 is 6.04 Å². The highest BCUT2D eigenvalue weighted by atomic mass is 35.5. The lowest BCUT2D eigenvalue weighted by atomic mass is 9.94. The second kappa shape index (κ2) is 10.2. The number of urea groups is 1. The van der Waals surface area contributed by atoms with Crippen LogP contribution in [0.4, 0.5) is 4.79 Å². The third kappa shape index (κ3) is 4.72. The van der Waals surface area contributed by atoms with Crippen molar-refractivity contribution in [2.75, 3.05) is 13.7 Å². The van der Waals surface area contributed by atoms with Gasteiger partial charge in [0, 0.05) is 22.8 Å².